The summed E-state index contributed by atoms with van der Waals surface area (Å²) in [4.78, 5) is 36.9. The highest BCUT2D eigenvalue weighted by Crippen LogP contribution is 2.35. The molecule has 0 bridgehead atoms. The van der Waals surface area contributed by atoms with Crippen molar-refractivity contribution < 1.29 is 23.6 Å². The van der Waals surface area contributed by atoms with E-state index in [0.29, 0.717) is 16.9 Å². The van der Waals surface area contributed by atoms with Gasteiger partial charge in [0.25, 0.3) is 11.6 Å². The summed E-state index contributed by atoms with van der Waals surface area (Å²) >= 11 is 0. The Labute approximate surface area is 159 Å². The molecule has 7 nitrogen and oxygen atoms in total. The molecule has 28 heavy (non-hydrogen) atoms. The number of ether oxygens (including phenoxy) is 1. The first-order valence-corrected chi connectivity index (χ1v) is 8.19. The molecule has 0 saturated heterocycles. The van der Waals surface area contributed by atoms with E-state index >= 15 is 0 Å². The normalized spacial score (nSPS) is 15.3. The number of allylic oxidation sites excluding steroid dienone is 1. The van der Waals surface area contributed by atoms with Gasteiger partial charge in [0, 0.05) is 23.5 Å². The molecule has 1 heterocycles. The fraction of sp³-hybridized carbons (Fsp3) is 0.100. The minimum absolute atomic E-state index is 0.0789. The third-order valence-corrected chi connectivity index (χ3v) is 4.29. The van der Waals surface area contributed by atoms with Gasteiger partial charge in [-0.05, 0) is 55.0 Å². The van der Waals surface area contributed by atoms with Crippen LogP contribution >= 0.6 is 0 Å². The van der Waals surface area contributed by atoms with Crippen LogP contribution in [0.5, 0.6) is 0 Å². The lowest BCUT2D eigenvalue weighted by Crippen LogP contribution is -2.24. The molecule has 8 heteroatoms. The quantitative estimate of drug-likeness (QED) is 0.349. The first-order valence-electron chi connectivity index (χ1n) is 8.19. The Morgan fingerprint density at radius 2 is 1.75 bits per heavy atom. The number of hydrogen-bond donors (Lipinski definition) is 0. The van der Waals surface area contributed by atoms with Gasteiger partial charge in [-0.15, -0.1) is 0 Å². The summed E-state index contributed by atoms with van der Waals surface area (Å²) in [5.41, 5.74) is 1.32. The summed E-state index contributed by atoms with van der Waals surface area (Å²) in [5, 5.41) is 10.8. The van der Waals surface area contributed by atoms with Gasteiger partial charge in [-0.25, -0.2) is 9.18 Å². The van der Waals surface area contributed by atoms with Crippen LogP contribution in [0.25, 0.3) is 6.08 Å². The summed E-state index contributed by atoms with van der Waals surface area (Å²) in [6.45, 7) is 1.59. The third kappa shape index (κ3) is 3.39. The molecule has 0 fully saturated rings. The molecule has 0 spiro atoms. The van der Waals surface area contributed by atoms with Gasteiger partial charge in [0.2, 0.25) is 0 Å². The molecule has 1 amide bonds. The lowest BCUT2D eigenvalue weighted by atomic mass is 10.0. The number of anilines is 1. The zero-order valence-electron chi connectivity index (χ0n) is 15.0. The van der Waals surface area contributed by atoms with Gasteiger partial charge in [-0.2, -0.15) is 0 Å². The van der Waals surface area contributed by atoms with Gasteiger partial charge in [0.1, 0.15) is 5.82 Å². The summed E-state index contributed by atoms with van der Waals surface area (Å²) in [7, 11) is 1.21. The molecule has 3 rings (SSSR count). The number of amides is 1. The van der Waals surface area contributed by atoms with Crippen LogP contribution in [0.2, 0.25) is 0 Å². The lowest BCUT2D eigenvalue weighted by Gasteiger charge is -2.17. The summed E-state index contributed by atoms with van der Waals surface area (Å²) < 4.78 is 18.0. The van der Waals surface area contributed by atoms with E-state index in [9.17, 15) is 24.1 Å². The average Bonchev–Trinajstić information content (AvgIpc) is 2.92. The number of halogens is 1. The molecule has 142 valence electrons. The van der Waals surface area contributed by atoms with Gasteiger partial charge >= 0.3 is 5.97 Å². The molecule has 0 aromatic heterocycles. The number of carbonyl (C=O) groups excluding carboxylic acids is 2. The summed E-state index contributed by atoms with van der Waals surface area (Å²) in [6, 6.07) is 10.8. The van der Waals surface area contributed by atoms with E-state index in [4.69, 9.17) is 4.74 Å². The van der Waals surface area contributed by atoms with Crippen LogP contribution in [0, 0.1) is 15.9 Å². The van der Waals surface area contributed by atoms with Crippen molar-refractivity contribution in [1.29, 1.82) is 0 Å². The lowest BCUT2D eigenvalue weighted by molar-refractivity contribution is -0.384. The standard InChI is InChI=1S/C20H15FN2O5/c1-12-18(20(25)28-2)17(11-13-3-7-16(8-4-13)23(26)27)19(24)22(12)15-9-5-14(21)6-10-15/h3-11H,1-2H3. The number of nitro benzene ring substituents is 1. The number of carbonyl (C=O) groups is 2. The van der Waals surface area contributed by atoms with Crippen LogP contribution < -0.4 is 4.90 Å². The first-order chi connectivity index (χ1) is 13.3. The minimum atomic E-state index is -0.691. The van der Waals surface area contributed by atoms with Crippen LogP contribution in [-0.4, -0.2) is 23.9 Å². The number of nitrogens with zero attached hydrogens (tertiary/aromatic N) is 2. The molecule has 0 saturated carbocycles. The van der Waals surface area contributed by atoms with E-state index in [0.717, 1.165) is 0 Å². The third-order valence-electron chi connectivity index (χ3n) is 4.29. The number of methoxy groups -OCH3 is 1. The fourth-order valence-corrected chi connectivity index (χ4v) is 2.94. The first kappa shape index (κ1) is 19.0. The highest BCUT2D eigenvalue weighted by atomic mass is 19.1. The van der Waals surface area contributed by atoms with Crippen LogP contribution in [-0.2, 0) is 14.3 Å². The number of nitro groups is 1. The Hall–Kier alpha value is -3.81. The van der Waals surface area contributed by atoms with Gasteiger partial charge in [0.15, 0.2) is 0 Å². The molecule has 0 N–H and O–H groups in total. The van der Waals surface area contributed by atoms with Gasteiger partial charge in [-0.1, -0.05) is 0 Å². The highest BCUT2D eigenvalue weighted by Gasteiger charge is 2.37. The molecule has 0 atom stereocenters. The monoisotopic (exact) mass is 382 g/mol. The van der Waals surface area contributed by atoms with Crippen molar-refractivity contribution >= 4 is 29.3 Å². The maximum atomic E-state index is 13.2. The Bertz CT molecular complexity index is 1020. The second-order valence-electron chi connectivity index (χ2n) is 5.98. The molecular formula is C20H15FN2O5. The number of rotatable bonds is 4. The predicted octanol–water partition coefficient (Wildman–Crippen LogP) is 3.61. The number of non-ortho nitro benzene ring substituents is 1. The molecule has 1 aliphatic rings. The maximum Gasteiger partial charge on any atom is 0.340 e. The number of esters is 1. The van der Waals surface area contributed by atoms with E-state index in [2.05, 4.69) is 0 Å². The van der Waals surface area contributed by atoms with Gasteiger partial charge in [0.05, 0.1) is 23.2 Å². The smallest absolute Gasteiger partial charge is 0.340 e. The zero-order chi connectivity index (χ0) is 20.4. The van der Waals surface area contributed by atoms with Crippen LogP contribution in [0.15, 0.2) is 65.4 Å². The van der Waals surface area contributed by atoms with E-state index in [1.54, 1.807) is 6.92 Å². The van der Waals surface area contributed by atoms with Crippen molar-refractivity contribution in [1.82, 2.24) is 0 Å². The minimum Gasteiger partial charge on any atom is -0.465 e. The molecule has 0 unspecified atom stereocenters. The van der Waals surface area contributed by atoms with Crippen molar-refractivity contribution in [3.8, 4) is 0 Å². The average molecular weight is 382 g/mol. The van der Waals surface area contributed by atoms with Gasteiger partial charge < -0.3 is 4.74 Å². The van der Waals surface area contributed by atoms with Crippen molar-refractivity contribution in [2.24, 2.45) is 0 Å². The van der Waals surface area contributed by atoms with Crippen molar-refractivity contribution in [2.45, 2.75) is 6.92 Å². The van der Waals surface area contributed by atoms with Crippen LogP contribution in [0.3, 0.4) is 0 Å². The van der Waals surface area contributed by atoms with Crippen LogP contribution in [0.1, 0.15) is 12.5 Å². The molecule has 0 radical (unpaired) electrons. The Morgan fingerprint density at radius 3 is 2.29 bits per heavy atom. The molecular weight excluding hydrogens is 367 g/mol. The second-order valence-corrected chi connectivity index (χ2v) is 5.98. The Balaban J connectivity index is 2.08. The number of benzene rings is 2. The summed E-state index contributed by atoms with van der Waals surface area (Å²) in [6.07, 6.45) is 1.46. The highest BCUT2D eigenvalue weighted by molar-refractivity contribution is 6.23. The molecule has 2 aromatic carbocycles. The van der Waals surface area contributed by atoms with Crippen molar-refractivity contribution in [3.63, 3.8) is 0 Å². The van der Waals surface area contributed by atoms with Crippen molar-refractivity contribution in [2.75, 3.05) is 12.0 Å². The van der Waals surface area contributed by atoms with E-state index < -0.39 is 22.6 Å². The maximum absolute atomic E-state index is 13.2. The Kier molecular flexibility index (Phi) is 5.04. The van der Waals surface area contributed by atoms with E-state index in [-0.39, 0.29) is 16.8 Å². The topological polar surface area (TPSA) is 89.8 Å². The predicted molar refractivity (Wildman–Crippen MR) is 99.7 cm³/mol. The number of hydrogen-bond acceptors (Lipinski definition) is 5. The van der Waals surface area contributed by atoms with E-state index in [1.165, 1.54) is 66.6 Å². The Morgan fingerprint density at radius 1 is 1.14 bits per heavy atom. The SMILES string of the molecule is COC(=O)C1=C(C)N(c2ccc(F)cc2)C(=O)C1=Cc1ccc([N+](=O)[O-])cc1. The molecule has 0 aliphatic carbocycles. The van der Waals surface area contributed by atoms with Gasteiger partial charge in [-0.3, -0.25) is 19.8 Å². The van der Waals surface area contributed by atoms with Crippen LogP contribution in [0.4, 0.5) is 15.8 Å². The van der Waals surface area contributed by atoms with Crippen molar-refractivity contribution in [3.05, 3.63) is 86.9 Å². The second kappa shape index (κ2) is 7.43. The molecule has 1 aliphatic heterocycles. The summed E-state index contributed by atoms with van der Waals surface area (Å²) in [5.74, 6) is -1.63. The molecule has 2 aromatic rings. The zero-order valence-corrected chi connectivity index (χ0v) is 15.0. The largest absolute Gasteiger partial charge is 0.465 e. The fourth-order valence-electron chi connectivity index (χ4n) is 2.94. The van der Waals surface area contributed by atoms with E-state index in [1.807, 2.05) is 0 Å².